The van der Waals surface area contributed by atoms with E-state index in [-0.39, 0.29) is 23.5 Å². The topological polar surface area (TPSA) is 100 Å². The van der Waals surface area contributed by atoms with Crippen molar-refractivity contribution in [3.8, 4) is 11.5 Å². The average Bonchev–Trinajstić information content (AvgIpc) is 3.60. The number of nitrogens with zero attached hydrogens (tertiary/aromatic N) is 1. The van der Waals surface area contributed by atoms with Crippen LogP contribution in [-0.2, 0) is 0 Å². The molecule has 0 aliphatic heterocycles. The predicted octanol–water partition coefficient (Wildman–Crippen LogP) is 4.93. The summed E-state index contributed by atoms with van der Waals surface area (Å²) in [5, 5.41) is 12.5. The first kappa shape index (κ1) is 25.8. The number of halogens is 4. The van der Waals surface area contributed by atoms with Gasteiger partial charge < -0.3 is 14.8 Å². The van der Waals surface area contributed by atoms with Gasteiger partial charge in [0.25, 0.3) is 0 Å². The number of ether oxygens (including phenoxy) is 2. The lowest BCUT2D eigenvalue weighted by atomic mass is 10.1. The van der Waals surface area contributed by atoms with Gasteiger partial charge in [-0.3, -0.25) is 10.7 Å². The highest BCUT2D eigenvalue weighted by molar-refractivity contribution is 5.99. The second-order valence-corrected chi connectivity index (χ2v) is 8.42. The number of aliphatic imine (C=N–C) groups is 1. The first-order chi connectivity index (χ1) is 17.6. The number of benzene rings is 3. The molecule has 1 amide bonds. The van der Waals surface area contributed by atoms with Gasteiger partial charge in [-0.15, -0.1) is 13.2 Å². The minimum Gasteiger partial charge on any atom is -0.410 e. The van der Waals surface area contributed by atoms with Crippen molar-refractivity contribution in [1.82, 2.24) is 5.32 Å². The van der Waals surface area contributed by atoms with Gasteiger partial charge in [0, 0.05) is 29.7 Å². The number of aryl methyl sites for hydroxylation is 1. The number of amidine groups is 1. The second kappa shape index (κ2) is 10.8. The fourth-order valence-electron chi connectivity index (χ4n) is 3.67. The van der Waals surface area contributed by atoms with Gasteiger partial charge in [0.15, 0.2) is 12.2 Å². The smallest absolute Gasteiger partial charge is 0.410 e. The molecule has 37 heavy (non-hydrogen) atoms. The van der Waals surface area contributed by atoms with Crippen LogP contribution in [0.25, 0.3) is 0 Å². The van der Waals surface area contributed by atoms with Crippen LogP contribution in [0.15, 0.2) is 71.7 Å². The standard InChI is InChI=1S/C26H22F4N4O3/c1-15-12-18(27)6-11-23(15)36-25(35)34-22-13-21(22)16-2-4-17(5-3-16)24(31)33-14-32-19-7-9-20(10-8-19)37-26(28,29)30/h2-12,14,21-22H,13H2,1H3,(H,34,35)(H2,31,32,33)/p+1. The van der Waals surface area contributed by atoms with Gasteiger partial charge in [0.2, 0.25) is 0 Å². The molecule has 3 aromatic carbocycles. The van der Waals surface area contributed by atoms with Crippen LogP contribution >= 0.6 is 0 Å². The molecule has 0 radical (unpaired) electrons. The summed E-state index contributed by atoms with van der Waals surface area (Å²) >= 11 is 0. The lowest BCUT2D eigenvalue weighted by Gasteiger charge is -2.09. The lowest BCUT2D eigenvalue weighted by Crippen LogP contribution is -2.76. The minimum atomic E-state index is -4.75. The molecule has 1 aliphatic carbocycles. The summed E-state index contributed by atoms with van der Waals surface area (Å²) < 4.78 is 59.0. The van der Waals surface area contributed by atoms with Crippen molar-refractivity contribution >= 4 is 24.0 Å². The van der Waals surface area contributed by atoms with E-state index in [1.54, 1.807) is 24.4 Å². The van der Waals surface area contributed by atoms with Crippen molar-refractivity contribution in [3.63, 3.8) is 0 Å². The first-order valence-corrected chi connectivity index (χ1v) is 11.2. The van der Waals surface area contributed by atoms with E-state index in [9.17, 15) is 22.4 Å². The van der Waals surface area contributed by atoms with E-state index in [0.717, 1.165) is 12.0 Å². The summed E-state index contributed by atoms with van der Waals surface area (Å²) in [5.41, 5.74) is 2.70. The summed E-state index contributed by atoms with van der Waals surface area (Å²) in [6.45, 7) is 1.65. The summed E-state index contributed by atoms with van der Waals surface area (Å²) in [6, 6.07) is 16.4. The molecule has 4 rings (SSSR count). The molecule has 1 aliphatic rings. The third-order valence-electron chi connectivity index (χ3n) is 5.63. The van der Waals surface area contributed by atoms with Crippen LogP contribution in [0.4, 0.5) is 28.0 Å². The zero-order chi connectivity index (χ0) is 26.6. The molecule has 7 nitrogen and oxygen atoms in total. The number of alkyl halides is 3. The Kier molecular flexibility index (Phi) is 7.53. The Bertz CT molecular complexity index is 1310. The highest BCUT2D eigenvalue weighted by Gasteiger charge is 2.40. The fraction of sp³-hybridized carbons (Fsp3) is 0.192. The van der Waals surface area contributed by atoms with Crippen LogP contribution in [0.1, 0.15) is 29.0 Å². The molecule has 0 heterocycles. The Hall–Kier alpha value is -4.25. The van der Waals surface area contributed by atoms with Crippen molar-refractivity contribution < 1.29 is 37.1 Å². The van der Waals surface area contributed by atoms with Crippen LogP contribution in [-0.4, -0.2) is 30.7 Å². The molecule has 2 atom stereocenters. The van der Waals surface area contributed by atoms with Gasteiger partial charge >= 0.3 is 12.5 Å². The molecule has 4 N–H and O–H groups in total. The van der Waals surface area contributed by atoms with Crippen molar-refractivity contribution in [2.45, 2.75) is 31.7 Å². The van der Waals surface area contributed by atoms with Crippen molar-refractivity contribution in [1.29, 1.82) is 5.41 Å². The first-order valence-electron chi connectivity index (χ1n) is 11.2. The third kappa shape index (κ3) is 7.37. The number of nitrogens with two attached hydrogens (primary N) is 1. The Balaban J connectivity index is 1.24. The Morgan fingerprint density at radius 2 is 1.81 bits per heavy atom. The van der Waals surface area contributed by atoms with E-state index < -0.39 is 18.3 Å². The molecular weight excluding hydrogens is 492 g/mol. The van der Waals surface area contributed by atoms with Crippen molar-refractivity contribution in [2.75, 3.05) is 0 Å². The Morgan fingerprint density at radius 3 is 2.46 bits per heavy atom. The number of nitrogens with one attached hydrogen (secondary N) is 2. The third-order valence-corrected chi connectivity index (χ3v) is 5.63. The number of quaternary nitrogens is 1. The number of amides is 1. The Morgan fingerprint density at radius 1 is 1.11 bits per heavy atom. The zero-order valence-corrected chi connectivity index (χ0v) is 19.6. The lowest BCUT2D eigenvalue weighted by molar-refractivity contribution is -0.432. The number of rotatable bonds is 7. The van der Waals surface area contributed by atoms with Crippen molar-refractivity contribution in [3.05, 3.63) is 89.2 Å². The quantitative estimate of drug-likeness (QED) is 0.180. The van der Waals surface area contributed by atoms with E-state index in [2.05, 4.69) is 15.0 Å². The predicted molar refractivity (Wildman–Crippen MR) is 128 cm³/mol. The maximum atomic E-state index is 13.2. The normalized spacial score (nSPS) is 16.9. The summed E-state index contributed by atoms with van der Waals surface area (Å²) in [6.07, 6.45) is -3.21. The maximum absolute atomic E-state index is 13.2. The van der Waals surface area contributed by atoms with E-state index in [1.807, 2.05) is 12.1 Å². The molecule has 1 fully saturated rings. The zero-order valence-electron chi connectivity index (χ0n) is 19.6. The van der Waals surface area contributed by atoms with Gasteiger partial charge in [0.05, 0.1) is 0 Å². The molecule has 3 aromatic rings. The van der Waals surface area contributed by atoms with Crippen molar-refractivity contribution in [2.24, 2.45) is 4.99 Å². The number of carbonyl (C=O) groups excluding carboxylic acids is 1. The molecule has 2 unspecified atom stereocenters. The molecule has 11 heteroatoms. The van der Waals surface area contributed by atoms with E-state index in [1.165, 1.54) is 48.8 Å². The molecule has 0 saturated heterocycles. The largest absolute Gasteiger partial charge is 0.573 e. The monoisotopic (exact) mass is 515 g/mol. The Labute approximate surface area is 209 Å². The number of carbonyl (C=O) groups is 1. The van der Waals surface area contributed by atoms with Gasteiger partial charge in [-0.2, -0.15) is 4.99 Å². The highest BCUT2D eigenvalue weighted by atomic mass is 19.4. The van der Waals surface area contributed by atoms with Crippen LogP contribution in [0.3, 0.4) is 0 Å². The van der Waals surface area contributed by atoms with Crippen LogP contribution < -0.4 is 20.1 Å². The number of hydrogen-bond donors (Lipinski definition) is 3. The van der Waals surface area contributed by atoms with Gasteiger partial charge in [-0.1, -0.05) is 24.3 Å². The fourth-order valence-corrected chi connectivity index (χ4v) is 3.67. The van der Waals surface area contributed by atoms with Crippen LogP contribution in [0, 0.1) is 18.2 Å². The van der Waals surface area contributed by atoms with E-state index >= 15 is 0 Å². The molecule has 0 spiro atoms. The summed E-state index contributed by atoms with van der Waals surface area (Å²) in [4.78, 5) is 16.2. The molecule has 0 aromatic heterocycles. The van der Waals surface area contributed by atoms with Gasteiger partial charge in [-0.25, -0.2) is 9.18 Å². The summed E-state index contributed by atoms with van der Waals surface area (Å²) in [7, 11) is 0. The average molecular weight is 515 g/mol. The molecule has 192 valence electrons. The van der Waals surface area contributed by atoms with Crippen LogP contribution in [0.5, 0.6) is 11.5 Å². The second-order valence-electron chi connectivity index (χ2n) is 8.42. The SMILES string of the molecule is Cc1cc(F)ccc1OC(=O)NC1CC1c1ccc(C(=N)N=C[NH2+]c2ccc(OC(F)(F)F)cc2)cc1. The minimum absolute atomic E-state index is 0.0172. The molecule has 1 saturated carbocycles. The maximum Gasteiger partial charge on any atom is 0.573 e. The van der Waals surface area contributed by atoms with Gasteiger partial charge in [0.1, 0.15) is 23.0 Å². The molecule has 0 bridgehead atoms. The van der Waals surface area contributed by atoms with Crippen LogP contribution in [0.2, 0.25) is 0 Å². The highest BCUT2D eigenvalue weighted by Crippen LogP contribution is 2.41. The van der Waals surface area contributed by atoms with Gasteiger partial charge in [-0.05, 0) is 54.8 Å². The van der Waals surface area contributed by atoms with E-state index in [4.69, 9.17) is 10.1 Å². The van der Waals surface area contributed by atoms with E-state index in [0.29, 0.717) is 22.6 Å². The number of hydrogen-bond acceptors (Lipinski definition) is 4. The molecular formula is C26H23F4N4O3+. The summed E-state index contributed by atoms with van der Waals surface area (Å²) in [5.74, 6) is -0.289.